The van der Waals surface area contributed by atoms with Crippen molar-refractivity contribution in [2.45, 2.75) is 45.3 Å². The molecule has 1 atom stereocenters. The maximum atomic E-state index is 12.5. The van der Waals surface area contributed by atoms with Gasteiger partial charge in [0.15, 0.2) is 0 Å². The van der Waals surface area contributed by atoms with Gasteiger partial charge in [-0.2, -0.15) is 0 Å². The Balaban J connectivity index is 1.41. The van der Waals surface area contributed by atoms with Crippen LogP contribution in [0.15, 0.2) is 17.6 Å². The summed E-state index contributed by atoms with van der Waals surface area (Å²) < 4.78 is 5.45. The van der Waals surface area contributed by atoms with Crippen LogP contribution in [0.5, 0.6) is 0 Å². The number of fused-ring (bicyclic) bond motifs is 1. The lowest BCUT2D eigenvalue weighted by Crippen LogP contribution is -2.48. The fourth-order valence-electron chi connectivity index (χ4n) is 3.50. The standard InChI is InChI=1S/C19H24N4O2S/c1-2-16-8-13(12-26-16)18(24)21-15-4-3-6-23(10-15)19-20-9-14-11-25-7-5-17(14)22-19/h8-9,12,15H,2-7,10-11H2,1H3,(H,21,24)/t15-/m0/s1. The van der Waals surface area contributed by atoms with Crippen LogP contribution in [0.1, 0.15) is 46.3 Å². The number of piperidine rings is 1. The number of carbonyl (C=O) groups excluding carboxylic acids is 1. The SMILES string of the molecule is CCc1cc(C(=O)N[C@H]2CCCN(c3ncc4c(n3)CCOC4)C2)cs1. The molecule has 1 amide bonds. The zero-order valence-electron chi connectivity index (χ0n) is 15.0. The number of carbonyl (C=O) groups is 1. The van der Waals surface area contributed by atoms with E-state index in [1.165, 1.54) is 4.88 Å². The zero-order chi connectivity index (χ0) is 17.9. The average molecular weight is 372 g/mol. The summed E-state index contributed by atoms with van der Waals surface area (Å²) in [5, 5.41) is 5.13. The third-order valence-corrected chi connectivity index (χ3v) is 6.07. The Kier molecular flexibility index (Phi) is 5.17. The first-order chi connectivity index (χ1) is 12.7. The lowest BCUT2D eigenvalue weighted by Gasteiger charge is -2.33. The van der Waals surface area contributed by atoms with E-state index in [4.69, 9.17) is 9.72 Å². The Morgan fingerprint density at radius 1 is 1.50 bits per heavy atom. The fourth-order valence-corrected chi connectivity index (χ4v) is 4.32. The monoisotopic (exact) mass is 372 g/mol. The Bertz CT molecular complexity index is 792. The molecule has 1 saturated heterocycles. The number of aromatic nitrogens is 2. The van der Waals surface area contributed by atoms with Gasteiger partial charge in [-0.05, 0) is 25.3 Å². The average Bonchev–Trinajstić information content (AvgIpc) is 3.17. The highest BCUT2D eigenvalue weighted by Crippen LogP contribution is 2.21. The summed E-state index contributed by atoms with van der Waals surface area (Å²) in [6, 6.07) is 2.12. The van der Waals surface area contributed by atoms with Crippen LogP contribution in [0, 0.1) is 0 Å². The Morgan fingerprint density at radius 3 is 3.27 bits per heavy atom. The summed E-state index contributed by atoms with van der Waals surface area (Å²) >= 11 is 1.65. The maximum absolute atomic E-state index is 12.5. The van der Waals surface area contributed by atoms with Crippen LogP contribution in [0.4, 0.5) is 5.95 Å². The fraction of sp³-hybridized carbons (Fsp3) is 0.526. The molecule has 0 aliphatic carbocycles. The largest absolute Gasteiger partial charge is 0.376 e. The molecule has 4 heterocycles. The number of anilines is 1. The van der Waals surface area contributed by atoms with Crippen molar-refractivity contribution < 1.29 is 9.53 Å². The van der Waals surface area contributed by atoms with Gasteiger partial charge in [-0.1, -0.05) is 6.92 Å². The number of rotatable bonds is 4. The molecule has 0 radical (unpaired) electrons. The number of hydrogen-bond donors (Lipinski definition) is 1. The molecule has 4 rings (SSSR count). The van der Waals surface area contributed by atoms with Crippen LogP contribution >= 0.6 is 11.3 Å². The molecule has 138 valence electrons. The van der Waals surface area contributed by atoms with Crippen molar-refractivity contribution >= 4 is 23.2 Å². The predicted molar refractivity (Wildman–Crippen MR) is 102 cm³/mol. The predicted octanol–water partition coefficient (Wildman–Crippen LogP) is 2.57. The lowest BCUT2D eigenvalue weighted by atomic mass is 10.1. The first-order valence-corrected chi connectivity index (χ1v) is 10.2. The van der Waals surface area contributed by atoms with Crippen molar-refractivity contribution in [2.24, 2.45) is 0 Å². The summed E-state index contributed by atoms with van der Waals surface area (Å²) in [6.07, 6.45) is 5.72. The second-order valence-electron chi connectivity index (χ2n) is 6.86. The van der Waals surface area contributed by atoms with E-state index < -0.39 is 0 Å². The highest BCUT2D eigenvalue weighted by molar-refractivity contribution is 7.10. The van der Waals surface area contributed by atoms with Crippen molar-refractivity contribution in [1.29, 1.82) is 0 Å². The van der Waals surface area contributed by atoms with Gasteiger partial charge in [-0.25, -0.2) is 9.97 Å². The third kappa shape index (κ3) is 3.73. The van der Waals surface area contributed by atoms with Crippen molar-refractivity contribution in [3.8, 4) is 0 Å². The summed E-state index contributed by atoms with van der Waals surface area (Å²) in [5.41, 5.74) is 2.96. The summed E-state index contributed by atoms with van der Waals surface area (Å²) in [7, 11) is 0. The van der Waals surface area contributed by atoms with E-state index in [9.17, 15) is 4.79 Å². The first kappa shape index (κ1) is 17.4. The topological polar surface area (TPSA) is 67.4 Å². The molecular weight excluding hydrogens is 348 g/mol. The Morgan fingerprint density at radius 2 is 2.42 bits per heavy atom. The van der Waals surface area contributed by atoms with E-state index in [0.29, 0.717) is 6.61 Å². The normalized spacial score (nSPS) is 19.9. The molecule has 0 unspecified atom stereocenters. The molecule has 2 aromatic rings. The van der Waals surface area contributed by atoms with Crippen LogP contribution < -0.4 is 10.2 Å². The van der Waals surface area contributed by atoms with Crippen LogP contribution in [0.2, 0.25) is 0 Å². The van der Waals surface area contributed by atoms with Gasteiger partial charge in [-0.15, -0.1) is 11.3 Å². The van der Waals surface area contributed by atoms with Gasteiger partial charge >= 0.3 is 0 Å². The zero-order valence-corrected chi connectivity index (χ0v) is 15.8. The maximum Gasteiger partial charge on any atom is 0.252 e. The van der Waals surface area contributed by atoms with Gasteiger partial charge in [0.05, 0.1) is 24.5 Å². The number of thiophene rings is 1. The van der Waals surface area contributed by atoms with Crippen LogP contribution in [0.3, 0.4) is 0 Å². The van der Waals surface area contributed by atoms with Gasteiger partial charge in [0.25, 0.3) is 5.91 Å². The molecule has 2 aliphatic rings. The number of aryl methyl sites for hydroxylation is 1. The van der Waals surface area contributed by atoms with E-state index in [-0.39, 0.29) is 11.9 Å². The summed E-state index contributed by atoms with van der Waals surface area (Å²) in [4.78, 5) is 25.2. The molecule has 26 heavy (non-hydrogen) atoms. The van der Waals surface area contributed by atoms with Gasteiger partial charge in [0.2, 0.25) is 5.95 Å². The van der Waals surface area contributed by atoms with Crippen molar-refractivity contribution in [3.63, 3.8) is 0 Å². The van der Waals surface area contributed by atoms with Gasteiger partial charge in [0.1, 0.15) is 0 Å². The molecule has 0 spiro atoms. The second kappa shape index (κ2) is 7.72. The molecule has 2 aromatic heterocycles. The molecule has 0 aromatic carbocycles. The number of ether oxygens (including phenoxy) is 1. The highest BCUT2D eigenvalue weighted by Gasteiger charge is 2.25. The first-order valence-electron chi connectivity index (χ1n) is 9.28. The Hall–Kier alpha value is -1.99. The van der Waals surface area contributed by atoms with Crippen LogP contribution in [-0.4, -0.2) is 41.6 Å². The number of hydrogen-bond acceptors (Lipinski definition) is 6. The molecular formula is C19H24N4O2S. The molecule has 7 heteroatoms. The summed E-state index contributed by atoms with van der Waals surface area (Å²) in [6.45, 7) is 5.13. The second-order valence-corrected chi connectivity index (χ2v) is 7.85. The minimum atomic E-state index is 0.0244. The van der Waals surface area contributed by atoms with E-state index in [1.807, 2.05) is 17.6 Å². The molecule has 0 saturated carbocycles. The number of amides is 1. The molecule has 1 fully saturated rings. The molecule has 1 N–H and O–H groups in total. The minimum absolute atomic E-state index is 0.0244. The van der Waals surface area contributed by atoms with Gasteiger partial charge < -0.3 is 15.0 Å². The minimum Gasteiger partial charge on any atom is -0.376 e. The molecule has 2 aliphatic heterocycles. The smallest absolute Gasteiger partial charge is 0.252 e. The number of nitrogens with one attached hydrogen (secondary N) is 1. The van der Waals surface area contributed by atoms with Gasteiger partial charge in [-0.3, -0.25) is 4.79 Å². The van der Waals surface area contributed by atoms with Gasteiger partial charge in [0, 0.05) is 47.6 Å². The van der Waals surface area contributed by atoms with E-state index in [0.717, 1.165) is 68.1 Å². The third-order valence-electron chi connectivity index (χ3n) is 4.99. The highest BCUT2D eigenvalue weighted by atomic mass is 32.1. The molecule has 0 bridgehead atoms. The Labute approximate surface area is 157 Å². The van der Waals surface area contributed by atoms with Crippen molar-refractivity contribution in [3.05, 3.63) is 39.3 Å². The lowest BCUT2D eigenvalue weighted by molar-refractivity contribution is 0.0933. The van der Waals surface area contributed by atoms with Crippen LogP contribution in [-0.2, 0) is 24.2 Å². The van der Waals surface area contributed by atoms with Crippen molar-refractivity contribution in [2.75, 3.05) is 24.6 Å². The van der Waals surface area contributed by atoms with E-state index >= 15 is 0 Å². The summed E-state index contributed by atoms with van der Waals surface area (Å²) in [5.74, 6) is 0.796. The molecule has 6 nitrogen and oxygen atoms in total. The van der Waals surface area contributed by atoms with Crippen LogP contribution in [0.25, 0.3) is 0 Å². The number of nitrogens with zero attached hydrogens (tertiary/aromatic N) is 3. The van der Waals surface area contributed by atoms with E-state index in [2.05, 4.69) is 22.1 Å². The van der Waals surface area contributed by atoms with Crippen molar-refractivity contribution in [1.82, 2.24) is 15.3 Å². The van der Waals surface area contributed by atoms with E-state index in [1.54, 1.807) is 11.3 Å². The quantitative estimate of drug-likeness (QED) is 0.893.